The molecule has 1 aromatic carbocycles. The SMILES string of the molecule is CC1CCCN(CC(=O)Nc2cccc(I)c2)C1C(=O)O. The van der Waals surface area contributed by atoms with Crippen LogP contribution in [0.4, 0.5) is 5.69 Å². The zero-order valence-corrected chi connectivity index (χ0v) is 14.0. The van der Waals surface area contributed by atoms with Gasteiger partial charge < -0.3 is 10.4 Å². The summed E-state index contributed by atoms with van der Waals surface area (Å²) in [5.74, 6) is -0.941. The maximum Gasteiger partial charge on any atom is 0.321 e. The Balaban J connectivity index is 1.99. The van der Waals surface area contributed by atoms with Crippen molar-refractivity contribution < 1.29 is 14.7 Å². The number of piperidine rings is 1. The molecule has 21 heavy (non-hydrogen) atoms. The van der Waals surface area contributed by atoms with Crippen LogP contribution in [0.25, 0.3) is 0 Å². The van der Waals surface area contributed by atoms with Crippen LogP contribution in [0, 0.1) is 9.49 Å². The van der Waals surface area contributed by atoms with E-state index < -0.39 is 12.0 Å². The Hall–Kier alpha value is -1.15. The maximum absolute atomic E-state index is 12.1. The molecule has 0 radical (unpaired) electrons. The number of hydrogen-bond acceptors (Lipinski definition) is 3. The van der Waals surface area contributed by atoms with Crippen LogP contribution < -0.4 is 5.32 Å². The molecule has 0 bridgehead atoms. The van der Waals surface area contributed by atoms with Gasteiger partial charge in [0, 0.05) is 9.26 Å². The van der Waals surface area contributed by atoms with Crippen LogP contribution in [0.5, 0.6) is 0 Å². The second-order valence-electron chi connectivity index (χ2n) is 5.43. The Kier molecular flexibility index (Phi) is 5.58. The number of benzene rings is 1. The number of carboxylic acid groups (broad SMARTS) is 1. The summed E-state index contributed by atoms with van der Waals surface area (Å²) in [6.45, 7) is 2.70. The van der Waals surface area contributed by atoms with Gasteiger partial charge in [-0.05, 0) is 66.1 Å². The summed E-state index contributed by atoms with van der Waals surface area (Å²) < 4.78 is 1.04. The molecule has 0 aromatic heterocycles. The molecule has 0 saturated carbocycles. The van der Waals surface area contributed by atoms with Crippen molar-refractivity contribution in [3.05, 3.63) is 27.8 Å². The number of likely N-dealkylation sites (tertiary alicyclic amines) is 1. The minimum atomic E-state index is -0.843. The van der Waals surface area contributed by atoms with E-state index in [1.54, 1.807) is 4.90 Å². The Morgan fingerprint density at radius 2 is 2.24 bits per heavy atom. The van der Waals surface area contributed by atoms with E-state index in [4.69, 9.17) is 0 Å². The van der Waals surface area contributed by atoms with Gasteiger partial charge in [-0.15, -0.1) is 0 Å². The lowest BCUT2D eigenvalue weighted by atomic mass is 9.91. The summed E-state index contributed by atoms with van der Waals surface area (Å²) in [5.41, 5.74) is 0.740. The third kappa shape index (κ3) is 4.41. The number of halogens is 1. The Morgan fingerprint density at radius 3 is 2.90 bits per heavy atom. The van der Waals surface area contributed by atoms with E-state index in [1.165, 1.54) is 0 Å². The van der Waals surface area contributed by atoms with Gasteiger partial charge in [0.05, 0.1) is 6.54 Å². The fraction of sp³-hybridized carbons (Fsp3) is 0.467. The van der Waals surface area contributed by atoms with Gasteiger partial charge in [-0.3, -0.25) is 14.5 Å². The first kappa shape index (κ1) is 16.2. The Morgan fingerprint density at radius 1 is 1.48 bits per heavy atom. The lowest BCUT2D eigenvalue weighted by Gasteiger charge is -2.36. The van der Waals surface area contributed by atoms with Crippen molar-refractivity contribution in [2.75, 3.05) is 18.4 Å². The Bertz CT molecular complexity index is 535. The van der Waals surface area contributed by atoms with Gasteiger partial charge in [-0.1, -0.05) is 13.0 Å². The van der Waals surface area contributed by atoms with Crippen molar-refractivity contribution in [2.24, 2.45) is 5.92 Å². The average Bonchev–Trinajstić information content (AvgIpc) is 2.37. The predicted molar refractivity (Wildman–Crippen MR) is 89.2 cm³/mol. The largest absolute Gasteiger partial charge is 0.480 e. The summed E-state index contributed by atoms with van der Waals surface area (Å²) in [4.78, 5) is 25.3. The summed E-state index contributed by atoms with van der Waals surface area (Å²) in [6.07, 6.45) is 1.83. The standard InChI is InChI=1S/C15H19IN2O3/c1-10-4-3-7-18(14(10)15(20)21)9-13(19)17-12-6-2-5-11(16)8-12/h2,5-6,8,10,14H,3-4,7,9H2,1H3,(H,17,19)(H,20,21). The predicted octanol–water partition coefficient (Wildman–Crippen LogP) is 2.41. The number of carbonyl (C=O) groups excluding carboxylic acids is 1. The van der Waals surface area contributed by atoms with Gasteiger partial charge in [0.25, 0.3) is 0 Å². The lowest BCUT2D eigenvalue weighted by molar-refractivity contribution is -0.147. The monoisotopic (exact) mass is 402 g/mol. The summed E-state index contributed by atoms with van der Waals surface area (Å²) in [7, 11) is 0. The highest BCUT2D eigenvalue weighted by Crippen LogP contribution is 2.23. The van der Waals surface area contributed by atoms with Crippen molar-refractivity contribution in [3.8, 4) is 0 Å². The van der Waals surface area contributed by atoms with Gasteiger partial charge in [0.1, 0.15) is 6.04 Å². The Labute approximate surface area is 137 Å². The molecule has 2 N–H and O–H groups in total. The van der Waals surface area contributed by atoms with Gasteiger partial charge in [-0.2, -0.15) is 0 Å². The molecule has 1 heterocycles. The molecule has 1 aliphatic rings. The van der Waals surface area contributed by atoms with Crippen molar-refractivity contribution >= 4 is 40.2 Å². The first-order valence-corrected chi connectivity index (χ1v) is 8.07. The number of nitrogens with zero attached hydrogens (tertiary/aromatic N) is 1. The number of nitrogens with one attached hydrogen (secondary N) is 1. The van der Waals surface area contributed by atoms with Crippen LogP contribution in [0.1, 0.15) is 19.8 Å². The average molecular weight is 402 g/mol. The highest BCUT2D eigenvalue weighted by molar-refractivity contribution is 14.1. The maximum atomic E-state index is 12.1. The first-order valence-electron chi connectivity index (χ1n) is 6.99. The van der Waals surface area contributed by atoms with E-state index in [0.29, 0.717) is 6.54 Å². The highest BCUT2D eigenvalue weighted by atomic mass is 127. The topological polar surface area (TPSA) is 69.6 Å². The number of amides is 1. The van der Waals surface area contributed by atoms with E-state index in [0.717, 1.165) is 22.1 Å². The number of aliphatic carboxylic acids is 1. The van der Waals surface area contributed by atoms with Crippen LogP contribution in [0.15, 0.2) is 24.3 Å². The first-order chi connectivity index (χ1) is 9.97. The molecule has 114 valence electrons. The molecule has 1 aromatic rings. The number of hydrogen-bond donors (Lipinski definition) is 2. The zero-order valence-electron chi connectivity index (χ0n) is 11.9. The number of carbonyl (C=O) groups is 2. The molecule has 0 spiro atoms. The second kappa shape index (κ2) is 7.22. The smallest absolute Gasteiger partial charge is 0.321 e. The number of rotatable bonds is 4. The molecule has 1 amide bonds. The molecular formula is C15H19IN2O3. The molecule has 0 aliphatic carbocycles. The van der Waals surface area contributed by atoms with Gasteiger partial charge in [0.2, 0.25) is 5.91 Å². The van der Waals surface area contributed by atoms with Crippen LogP contribution in [0.2, 0.25) is 0 Å². The minimum absolute atomic E-state index is 0.0710. The van der Waals surface area contributed by atoms with Gasteiger partial charge >= 0.3 is 5.97 Å². The molecule has 2 atom stereocenters. The lowest BCUT2D eigenvalue weighted by Crippen LogP contribution is -2.51. The molecule has 6 heteroatoms. The third-order valence-corrected chi connectivity index (χ3v) is 4.42. The van der Waals surface area contributed by atoms with Crippen LogP contribution in [0.3, 0.4) is 0 Å². The quantitative estimate of drug-likeness (QED) is 0.760. The molecule has 1 aliphatic heterocycles. The van der Waals surface area contributed by atoms with E-state index in [-0.39, 0.29) is 18.4 Å². The van der Waals surface area contributed by atoms with Crippen molar-refractivity contribution in [1.82, 2.24) is 4.90 Å². The van der Waals surface area contributed by atoms with E-state index in [2.05, 4.69) is 27.9 Å². The summed E-state index contributed by atoms with van der Waals surface area (Å²) in [6, 6.07) is 6.96. The van der Waals surface area contributed by atoms with Crippen LogP contribution in [-0.4, -0.2) is 41.0 Å². The highest BCUT2D eigenvalue weighted by Gasteiger charge is 2.34. The molecule has 2 rings (SSSR count). The molecule has 1 saturated heterocycles. The van der Waals surface area contributed by atoms with E-state index >= 15 is 0 Å². The van der Waals surface area contributed by atoms with Crippen molar-refractivity contribution in [3.63, 3.8) is 0 Å². The van der Waals surface area contributed by atoms with Crippen LogP contribution >= 0.6 is 22.6 Å². The third-order valence-electron chi connectivity index (χ3n) is 3.75. The van der Waals surface area contributed by atoms with Gasteiger partial charge in [0.15, 0.2) is 0 Å². The van der Waals surface area contributed by atoms with E-state index in [9.17, 15) is 14.7 Å². The normalized spacial score (nSPS) is 22.8. The van der Waals surface area contributed by atoms with Crippen LogP contribution in [-0.2, 0) is 9.59 Å². The molecular weight excluding hydrogens is 383 g/mol. The summed E-state index contributed by atoms with van der Waals surface area (Å²) in [5, 5.41) is 12.2. The minimum Gasteiger partial charge on any atom is -0.480 e. The number of anilines is 1. The van der Waals surface area contributed by atoms with Gasteiger partial charge in [-0.25, -0.2) is 0 Å². The summed E-state index contributed by atoms with van der Waals surface area (Å²) >= 11 is 2.18. The fourth-order valence-corrected chi connectivity index (χ4v) is 3.34. The number of carboxylic acids is 1. The van der Waals surface area contributed by atoms with E-state index in [1.807, 2.05) is 31.2 Å². The van der Waals surface area contributed by atoms with Crippen molar-refractivity contribution in [1.29, 1.82) is 0 Å². The second-order valence-corrected chi connectivity index (χ2v) is 6.68. The van der Waals surface area contributed by atoms with Crippen molar-refractivity contribution in [2.45, 2.75) is 25.8 Å². The molecule has 2 unspecified atom stereocenters. The zero-order chi connectivity index (χ0) is 15.4. The fourth-order valence-electron chi connectivity index (χ4n) is 2.80. The molecule has 1 fully saturated rings. The molecule has 5 nitrogen and oxygen atoms in total.